The first kappa shape index (κ1) is 23.6. The van der Waals surface area contributed by atoms with Gasteiger partial charge in [0.05, 0.1) is 5.52 Å². The molecule has 3 aromatic rings. The summed E-state index contributed by atoms with van der Waals surface area (Å²) in [6.45, 7) is 0.835. The van der Waals surface area contributed by atoms with E-state index in [0.29, 0.717) is 48.2 Å². The minimum atomic E-state index is -4.92. The number of aromatic hydroxyl groups is 1. The molecule has 1 saturated carbocycles. The molecule has 2 aromatic carbocycles. The molecule has 1 saturated heterocycles. The van der Waals surface area contributed by atoms with Gasteiger partial charge in [0.15, 0.2) is 17.0 Å². The van der Waals surface area contributed by atoms with Crippen LogP contribution in [0.5, 0.6) is 5.75 Å². The van der Waals surface area contributed by atoms with Crippen LogP contribution in [-0.4, -0.2) is 40.1 Å². The number of fused-ring (bicyclic) bond motifs is 1. The summed E-state index contributed by atoms with van der Waals surface area (Å²) in [7, 11) is 0. The summed E-state index contributed by atoms with van der Waals surface area (Å²) in [4.78, 5) is 11.7. The summed E-state index contributed by atoms with van der Waals surface area (Å²) in [6.07, 6.45) is -5.11. The van der Waals surface area contributed by atoms with Crippen LogP contribution in [0.25, 0.3) is 16.6 Å². The van der Waals surface area contributed by atoms with Crippen molar-refractivity contribution in [1.29, 1.82) is 0 Å². The number of ether oxygens (including phenoxy) is 1. The predicted octanol–water partition coefficient (Wildman–Crippen LogP) is 6.02. The maximum atomic E-state index is 14.2. The Morgan fingerprint density at radius 2 is 1.69 bits per heavy atom. The van der Waals surface area contributed by atoms with E-state index < -0.39 is 48.0 Å². The van der Waals surface area contributed by atoms with E-state index in [1.54, 1.807) is 10.6 Å². The Morgan fingerprint density at radius 3 is 2.29 bits per heavy atom. The van der Waals surface area contributed by atoms with Crippen LogP contribution < -0.4 is 0 Å². The molecule has 2 aliphatic rings. The molecule has 0 unspecified atom stereocenters. The van der Waals surface area contributed by atoms with Crippen molar-refractivity contribution < 1.29 is 41.7 Å². The standard InChI is InChI=1S/C25H22F5NO4/c26-18-3-1-15(9-19(18)27)31-20-4-2-16(32)10-17(20)21(22(31)13-5-7-35-8-6-13)14-11-24(12-14,23(33)34)25(28,29)30/h1-4,9-10,13-14,32H,5-8,11-12H2,(H,33,34)/t14-,24+. The molecule has 1 aliphatic carbocycles. The molecule has 0 amide bonds. The quantitative estimate of drug-likeness (QED) is 0.435. The fraction of sp³-hybridized carbons (Fsp3) is 0.400. The molecule has 0 spiro atoms. The molecule has 186 valence electrons. The van der Waals surface area contributed by atoms with E-state index in [0.717, 1.165) is 12.1 Å². The van der Waals surface area contributed by atoms with Crippen molar-refractivity contribution in [2.75, 3.05) is 13.2 Å². The molecule has 5 rings (SSSR count). The number of aliphatic carboxylic acids is 1. The zero-order valence-corrected chi connectivity index (χ0v) is 18.4. The topological polar surface area (TPSA) is 71.7 Å². The van der Waals surface area contributed by atoms with Crippen molar-refractivity contribution in [3.05, 3.63) is 59.3 Å². The number of nitrogens with zero attached hydrogens (tertiary/aromatic N) is 1. The van der Waals surface area contributed by atoms with Gasteiger partial charge in [-0.25, -0.2) is 8.78 Å². The van der Waals surface area contributed by atoms with Crippen molar-refractivity contribution in [2.45, 2.75) is 43.7 Å². The lowest BCUT2D eigenvalue weighted by atomic mass is 9.58. The highest BCUT2D eigenvalue weighted by Crippen LogP contribution is 2.62. The molecule has 5 nitrogen and oxygen atoms in total. The lowest BCUT2D eigenvalue weighted by molar-refractivity contribution is -0.256. The van der Waals surface area contributed by atoms with Gasteiger partial charge in [-0.2, -0.15) is 13.2 Å². The van der Waals surface area contributed by atoms with Crippen LogP contribution in [0.3, 0.4) is 0 Å². The van der Waals surface area contributed by atoms with E-state index in [4.69, 9.17) is 4.74 Å². The first-order chi connectivity index (χ1) is 16.5. The Kier molecular flexibility index (Phi) is 5.54. The Labute approximate surface area is 196 Å². The number of phenols is 1. The molecule has 0 atom stereocenters. The van der Waals surface area contributed by atoms with Crippen LogP contribution in [0.2, 0.25) is 0 Å². The summed E-state index contributed by atoms with van der Waals surface area (Å²) >= 11 is 0. The van der Waals surface area contributed by atoms with Gasteiger partial charge in [-0.1, -0.05) is 0 Å². The number of benzene rings is 2. The predicted molar refractivity (Wildman–Crippen MR) is 116 cm³/mol. The second kappa shape index (κ2) is 8.22. The lowest BCUT2D eigenvalue weighted by Crippen LogP contribution is -2.53. The minimum Gasteiger partial charge on any atom is -0.508 e. The molecule has 1 aromatic heterocycles. The first-order valence-corrected chi connectivity index (χ1v) is 11.2. The van der Waals surface area contributed by atoms with Crippen LogP contribution in [0.4, 0.5) is 22.0 Å². The van der Waals surface area contributed by atoms with Crippen LogP contribution in [0.15, 0.2) is 36.4 Å². The summed E-state index contributed by atoms with van der Waals surface area (Å²) in [6, 6.07) is 7.80. The Bertz CT molecular complexity index is 1300. The Hall–Kier alpha value is -3.14. The first-order valence-electron chi connectivity index (χ1n) is 11.2. The number of aromatic nitrogens is 1. The average molecular weight is 495 g/mol. The average Bonchev–Trinajstić information content (AvgIpc) is 3.08. The van der Waals surface area contributed by atoms with Crippen molar-refractivity contribution in [1.82, 2.24) is 4.57 Å². The second-order valence-electron chi connectivity index (χ2n) is 9.31. The van der Waals surface area contributed by atoms with E-state index in [1.165, 1.54) is 18.2 Å². The zero-order valence-electron chi connectivity index (χ0n) is 18.4. The monoisotopic (exact) mass is 495 g/mol. The molecule has 1 aliphatic heterocycles. The summed E-state index contributed by atoms with van der Waals surface area (Å²) in [5.74, 6) is -5.06. The molecule has 2 fully saturated rings. The van der Waals surface area contributed by atoms with Gasteiger partial charge in [-0.3, -0.25) is 4.79 Å². The maximum Gasteiger partial charge on any atom is 0.404 e. The van der Waals surface area contributed by atoms with Crippen molar-refractivity contribution in [2.24, 2.45) is 5.41 Å². The SMILES string of the molecule is O=C(O)[C@]1(C(F)(F)F)C[C@@H](c2c(C3CCOCC3)n(-c3ccc(F)c(F)c3)c3ccc(O)cc32)C1. The van der Waals surface area contributed by atoms with Gasteiger partial charge in [-0.05, 0) is 67.5 Å². The third kappa shape index (κ3) is 3.65. The number of halogens is 5. The van der Waals surface area contributed by atoms with Crippen molar-refractivity contribution in [3.63, 3.8) is 0 Å². The Morgan fingerprint density at radius 1 is 1.00 bits per heavy atom. The maximum absolute atomic E-state index is 14.2. The van der Waals surface area contributed by atoms with Crippen molar-refractivity contribution in [3.8, 4) is 11.4 Å². The number of hydrogen-bond acceptors (Lipinski definition) is 3. The van der Waals surface area contributed by atoms with Gasteiger partial charge in [-0.15, -0.1) is 0 Å². The van der Waals surface area contributed by atoms with Crippen LogP contribution in [0, 0.1) is 17.0 Å². The van der Waals surface area contributed by atoms with Gasteiger partial charge in [0.2, 0.25) is 0 Å². The fourth-order valence-electron chi connectivity index (χ4n) is 5.54. The number of alkyl halides is 3. The molecule has 2 heterocycles. The van der Waals surface area contributed by atoms with E-state index >= 15 is 0 Å². The third-order valence-electron chi connectivity index (χ3n) is 7.35. The van der Waals surface area contributed by atoms with Crippen LogP contribution >= 0.6 is 0 Å². The lowest BCUT2D eigenvalue weighted by Gasteiger charge is -2.46. The normalized spacial score (nSPS) is 23.4. The number of hydrogen-bond donors (Lipinski definition) is 2. The summed E-state index contributed by atoms with van der Waals surface area (Å²) < 4.78 is 76.4. The molecule has 0 bridgehead atoms. The van der Waals surface area contributed by atoms with Gasteiger partial charge in [0.1, 0.15) is 5.75 Å². The summed E-state index contributed by atoms with van der Waals surface area (Å²) in [5.41, 5.74) is -0.936. The molecular weight excluding hydrogens is 473 g/mol. The van der Waals surface area contributed by atoms with Crippen LogP contribution in [0.1, 0.15) is 48.8 Å². The second-order valence-corrected chi connectivity index (χ2v) is 9.31. The number of phenolic OH excluding ortho intramolecular Hbond substituents is 1. The van der Waals surface area contributed by atoms with Crippen molar-refractivity contribution >= 4 is 16.9 Å². The third-order valence-corrected chi connectivity index (χ3v) is 7.35. The van der Waals surface area contributed by atoms with Crippen LogP contribution in [-0.2, 0) is 9.53 Å². The minimum absolute atomic E-state index is 0.112. The zero-order chi connectivity index (χ0) is 25.1. The molecule has 35 heavy (non-hydrogen) atoms. The largest absolute Gasteiger partial charge is 0.508 e. The van der Waals surface area contributed by atoms with Gasteiger partial charge < -0.3 is 19.5 Å². The van der Waals surface area contributed by atoms with Gasteiger partial charge >= 0.3 is 12.1 Å². The van der Waals surface area contributed by atoms with Gasteiger partial charge in [0, 0.05) is 42.0 Å². The number of rotatable bonds is 4. The van der Waals surface area contributed by atoms with E-state index in [9.17, 15) is 37.0 Å². The van der Waals surface area contributed by atoms with E-state index in [-0.39, 0.29) is 17.4 Å². The highest BCUT2D eigenvalue weighted by Gasteiger charge is 2.68. The molecule has 2 N–H and O–H groups in total. The smallest absolute Gasteiger partial charge is 0.404 e. The number of carboxylic acids is 1. The number of carboxylic acid groups (broad SMARTS) is 1. The fourth-order valence-corrected chi connectivity index (χ4v) is 5.54. The van der Waals surface area contributed by atoms with Gasteiger partial charge in [0.25, 0.3) is 0 Å². The molecule has 0 radical (unpaired) electrons. The highest BCUT2D eigenvalue weighted by molar-refractivity contribution is 5.90. The highest BCUT2D eigenvalue weighted by atomic mass is 19.4. The molecule has 10 heteroatoms. The summed E-state index contributed by atoms with van der Waals surface area (Å²) in [5, 5.41) is 20.1. The molecular formula is C25H22F5NO4. The van der Waals surface area contributed by atoms with E-state index in [2.05, 4.69) is 0 Å². The Balaban J connectivity index is 1.75. The van der Waals surface area contributed by atoms with E-state index in [1.807, 2.05) is 0 Å². The number of carbonyl (C=O) groups is 1.